The number of aromatic nitrogens is 2. The van der Waals surface area contributed by atoms with Crippen molar-refractivity contribution in [2.45, 2.75) is 6.10 Å². The van der Waals surface area contributed by atoms with Crippen LogP contribution < -0.4 is 11.1 Å². The third-order valence-corrected chi connectivity index (χ3v) is 2.49. The Labute approximate surface area is 102 Å². The second kappa shape index (κ2) is 5.42. The zero-order chi connectivity index (χ0) is 11.4. The summed E-state index contributed by atoms with van der Waals surface area (Å²) >= 11 is 3.25. The lowest BCUT2D eigenvalue weighted by Gasteiger charge is -2.23. The summed E-state index contributed by atoms with van der Waals surface area (Å²) in [5.41, 5.74) is 5.59. The molecule has 0 aromatic carbocycles. The van der Waals surface area contributed by atoms with Crippen LogP contribution >= 0.6 is 15.9 Å². The molecule has 3 N–H and O–H groups in total. The molecule has 1 aromatic rings. The predicted molar refractivity (Wildman–Crippen MR) is 63.2 cm³/mol. The minimum atomic E-state index is 0.0394. The van der Waals surface area contributed by atoms with Crippen molar-refractivity contribution in [1.29, 1.82) is 0 Å². The summed E-state index contributed by atoms with van der Waals surface area (Å²) in [6.45, 7) is 2.50. The van der Waals surface area contributed by atoms with Gasteiger partial charge in [-0.25, -0.2) is 4.98 Å². The van der Waals surface area contributed by atoms with Gasteiger partial charge in [0.2, 0.25) is 5.95 Å². The van der Waals surface area contributed by atoms with E-state index < -0.39 is 0 Å². The first-order valence-corrected chi connectivity index (χ1v) is 5.76. The van der Waals surface area contributed by atoms with Crippen LogP contribution in [-0.2, 0) is 9.47 Å². The molecule has 0 bridgehead atoms. The highest BCUT2D eigenvalue weighted by atomic mass is 79.9. The van der Waals surface area contributed by atoms with Gasteiger partial charge in [-0.2, -0.15) is 4.98 Å². The van der Waals surface area contributed by atoms with Crippen LogP contribution in [0.15, 0.2) is 10.7 Å². The van der Waals surface area contributed by atoms with Gasteiger partial charge in [0.25, 0.3) is 0 Å². The standard InChI is InChI=1S/C9H13BrN4O2/c10-7-3-8(11)14-9(13-7)12-4-6-5-15-1-2-16-6/h3,6H,1-2,4-5H2,(H3,11,12,13,14). The maximum Gasteiger partial charge on any atom is 0.225 e. The lowest BCUT2D eigenvalue weighted by molar-refractivity contribution is -0.0819. The molecule has 0 saturated carbocycles. The van der Waals surface area contributed by atoms with Crippen LogP contribution in [0.2, 0.25) is 0 Å². The van der Waals surface area contributed by atoms with E-state index in [1.807, 2.05) is 0 Å². The molecule has 2 rings (SSSR count). The smallest absolute Gasteiger partial charge is 0.225 e. The molecule has 1 unspecified atom stereocenters. The first-order chi connectivity index (χ1) is 7.74. The molecule has 0 radical (unpaired) electrons. The molecule has 0 spiro atoms. The fraction of sp³-hybridized carbons (Fsp3) is 0.556. The van der Waals surface area contributed by atoms with Crippen LogP contribution in [0, 0.1) is 0 Å². The molecule has 1 aliphatic rings. The van der Waals surface area contributed by atoms with Crippen LogP contribution in [0.3, 0.4) is 0 Å². The van der Waals surface area contributed by atoms with E-state index in [1.54, 1.807) is 6.07 Å². The Morgan fingerprint density at radius 3 is 3.06 bits per heavy atom. The first kappa shape index (κ1) is 11.6. The van der Waals surface area contributed by atoms with Gasteiger partial charge in [0.15, 0.2) is 0 Å². The van der Waals surface area contributed by atoms with Gasteiger partial charge in [-0.1, -0.05) is 0 Å². The molecule has 1 saturated heterocycles. The van der Waals surface area contributed by atoms with Gasteiger partial charge >= 0.3 is 0 Å². The van der Waals surface area contributed by atoms with E-state index in [1.165, 1.54) is 0 Å². The predicted octanol–water partition coefficient (Wildman–Crippen LogP) is 0.649. The van der Waals surface area contributed by atoms with E-state index in [2.05, 4.69) is 31.2 Å². The Hall–Kier alpha value is -0.920. The summed E-state index contributed by atoms with van der Waals surface area (Å²) < 4.78 is 11.4. The highest BCUT2D eigenvalue weighted by Crippen LogP contribution is 2.12. The lowest BCUT2D eigenvalue weighted by Crippen LogP contribution is -2.34. The summed E-state index contributed by atoms with van der Waals surface area (Å²) in [5.74, 6) is 0.909. The fourth-order valence-corrected chi connectivity index (χ4v) is 1.78. The third-order valence-electron chi connectivity index (χ3n) is 2.09. The van der Waals surface area contributed by atoms with Crippen LogP contribution in [0.25, 0.3) is 0 Å². The normalized spacial score (nSPS) is 20.7. The summed E-state index contributed by atoms with van der Waals surface area (Å²) in [7, 11) is 0. The molecule has 1 atom stereocenters. The average molecular weight is 289 g/mol. The number of hydrogen-bond donors (Lipinski definition) is 2. The van der Waals surface area contributed by atoms with Gasteiger partial charge in [-0.3, -0.25) is 0 Å². The molecule has 1 aliphatic heterocycles. The average Bonchev–Trinajstić information content (AvgIpc) is 2.27. The van der Waals surface area contributed by atoms with Crippen molar-refractivity contribution >= 4 is 27.7 Å². The molecule has 1 fully saturated rings. The molecule has 6 nitrogen and oxygen atoms in total. The number of anilines is 2. The number of halogens is 1. The van der Waals surface area contributed by atoms with Gasteiger partial charge < -0.3 is 20.5 Å². The van der Waals surface area contributed by atoms with Crippen molar-refractivity contribution in [1.82, 2.24) is 9.97 Å². The Morgan fingerprint density at radius 1 is 1.50 bits per heavy atom. The first-order valence-electron chi connectivity index (χ1n) is 4.97. The van der Waals surface area contributed by atoms with Gasteiger partial charge in [-0.05, 0) is 15.9 Å². The SMILES string of the molecule is Nc1cc(Br)nc(NCC2COCCO2)n1. The molecule has 0 aliphatic carbocycles. The number of nitrogens with zero attached hydrogens (tertiary/aromatic N) is 2. The Bertz CT molecular complexity index is 337. The summed E-state index contributed by atoms with van der Waals surface area (Å²) in [6, 6.07) is 1.64. The van der Waals surface area contributed by atoms with Crippen molar-refractivity contribution in [3.8, 4) is 0 Å². The van der Waals surface area contributed by atoms with Gasteiger partial charge in [0, 0.05) is 12.6 Å². The van der Waals surface area contributed by atoms with Crippen LogP contribution in [0.5, 0.6) is 0 Å². The van der Waals surface area contributed by atoms with Crippen molar-refractivity contribution < 1.29 is 9.47 Å². The molecule has 88 valence electrons. The number of nitrogens with two attached hydrogens (primary N) is 1. The molecule has 7 heteroatoms. The second-order valence-electron chi connectivity index (χ2n) is 3.39. The van der Waals surface area contributed by atoms with E-state index >= 15 is 0 Å². The number of nitrogen functional groups attached to an aromatic ring is 1. The molecular weight excluding hydrogens is 276 g/mol. The van der Waals surface area contributed by atoms with E-state index in [0.717, 1.165) is 0 Å². The van der Waals surface area contributed by atoms with Crippen molar-refractivity contribution in [2.24, 2.45) is 0 Å². The number of hydrogen-bond acceptors (Lipinski definition) is 6. The minimum absolute atomic E-state index is 0.0394. The molecular formula is C9H13BrN4O2. The monoisotopic (exact) mass is 288 g/mol. The Morgan fingerprint density at radius 2 is 2.38 bits per heavy atom. The summed E-state index contributed by atoms with van der Waals surface area (Å²) in [6.07, 6.45) is 0.0394. The maximum atomic E-state index is 5.59. The highest BCUT2D eigenvalue weighted by Gasteiger charge is 2.14. The topological polar surface area (TPSA) is 82.3 Å². The van der Waals surface area contributed by atoms with Gasteiger partial charge in [-0.15, -0.1) is 0 Å². The highest BCUT2D eigenvalue weighted by molar-refractivity contribution is 9.10. The largest absolute Gasteiger partial charge is 0.383 e. The number of nitrogens with one attached hydrogen (secondary N) is 1. The van der Waals surface area contributed by atoms with E-state index in [9.17, 15) is 0 Å². The molecule has 2 heterocycles. The number of ether oxygens (including phenoxy) is 2. The molecule has 0 amide bonds. The minimum Gasteiger partial charge on any atom is -0.383 e. The summed E-state index contributed by atoms with van der Waals surface area (Å²) in [4.78, 5) is 8.18. The molecule has 1 aromatic heterocycles. The van der Waals surface area contributed by atoms with Crippen LogP contribution in [-0.4, -0.2) is 42.4 Å². The van der Waals surface area contributed by atoms with Crippen molar-refractivity contribution in [3.05, 3.63) is 10.7 Å². The van der Waals surface area contributed by atoms with Crippen molar-refractivity contribution in [3.63, 3.8) is 0 Å². The van der Waals surface area contributed by atoms with E-state index in [-0.39, 0.29) is 6.10 Å². The van der Waals surface area contributed by atoms with E-state index in [0.29, 0.717) is 42.7 Å². The third kappa shape index (κ3) is 3.29. The zero-order valence-corrected chi connectivity index (χ0v) is 10.2. The number of rotatable bonds is 3. The summed E-state index contributed by atoms with van der Waals surface area (Å²) in [5, 5.41) is 3.06. The van der Waals surface area contributed by atoms with Crippen LogP contribution in [0.1, 0.15) is 0 Å². The van der Waals surface area contributed by atoms with Gasteiger partial charge in [0.1, 0.15) is 10.4 Å². The quantitative estimate of drug-likeness (QED) is 0.795. The Kier molecular flexibility index (Phi) is 3.92. The van der Waals surface area contributed by atoms with Crippen LogP contribution in [0.4, 0.5) is 11.8 Å². The molecule has 16 heavy (non-hydrogen) atoms. The second-order valence-corrected chi connectivity index (χ2v) is 4.20. The lowest BCUT2D eigenvalue weighted by atomic mass is 10.3. The fourth-order valence-electron chi connectivity index (χ4n) is 1.37. The Balaban J connectivity index is 1.88. The zero-order valence-electron chi connectivity index (χ0n) is 8.65. The van der Waals surface area contributed by atoms with Crippen molar-refractivity contribution in [2.75, 3.05) is 37.4 Å². The maximum absolute atomic E-state index is 5.59. The van der Waals surface area contributed by atoms with Gasteiger partial charge in [0.05, 0.1) is 25.9 Å². The van der Waals surface area contributed by atoms with E-state index in [4.69, 9.17) is 15.2 Å².